The lowest BCUT2D eigenvalue weighted by atomic mass is 10.0. The minimum atomic E-state index is -0.970. The Bertz CT molecular complexity index is 728. The predicted molar refractivity (Wildman–Crippen MR) is 86.0 cm³/mol. The standard InChI is InChI=1S/C18H18FN3O2/c19-15-5-3-13(4-6-15)11-21-16(23)18(7-8-18)17(24)22-12-14-2-1-9-20-10-14/h1-6,9-10H,7-8,11-12H2,(H,21,23)(H,22,24). The van der Waals surface area contributed by atoms with Crippen molar-refractivity contribution in [2.24, 2.45) is 5.41 Å². The molecule has 1 heterocycles. The number of carbonyl (C=O) groups is 2. The molecule has 0 atom stereocenters. The summed E-state index contributed by atoms with van der Waals surface area (Å²) in [6.07, 6.45) is 4.42. The summed E-state index contributed by atoms with van der Waals surface area (Å²) < 4.78 is 12.9. The monoisotopic (exact) mass is 327 g/mol. The van der Waals surface area contributed by atoms with Crippen LogP contribution in [0.5, 0.6) is 0 Å². The second-order valence-corrected chi connectivity index (χ2v) is 5.94. The second kappa shape index (κ2) is 6.78. The Labute approximate surface area is 139 Å². The molecule has 0 saturated heterocycles. The van der Waals surface area contributed by atoms with E-state index in [1.54, 1.807) is 30.6 Å². The third-order valence-corrected chi connectivity index (χ3v) is 4.16. The summed E-state index contributed by atoms with van der Waals surface area (Å²) in [6, 6.07) is 9.56. The molecular weight excluding hydrogens is 309 g/mol. The molecule has 1 aliphatic carbocycles. The molecule has 24 heavy (non-hydrogen) atoms. The van der Waals surface area contributed by atoms with E-state index in [2.05, 4.69) is 15.6 Å². The van der Waals surface area contributed by atoms with Crippen LogP contribution >= 0.6 is 0 Å². The Kier molecular flexibility index (Phi) is 4.55. The van der Waals surface area contributed by atoms with Crippen LogP contribution in [0.15, 0.2) is 48.8 Å². The molecule has 0 aliphatic heterocycles. The molecular formula is C18H18FN3O2. The Morgan fingerprint density at radius 1 is 1.00 bits per heavy atom. The first-order chi connectivity index (χ1) is 11.6. The Morgan fingerprint density at radius 3 is 2.17 bits per heavy atom. The number of carbonyl (C=O) groups excluding carboxylic acids is 2. The normalized spacial score (nSPS) is 14.7. The molecule has 0 radical (unpaired) electrons. The lowest BCUT2D eigenvalue weighted by Crippen LogP contribution is -2.42. The van der Waals surface area contributed by atoms with E-state index in [-0.39, 0.29) is 24.2 Å². The first-order valence-electron chi connectivity index (χ1n) is 7.80. The molecule has 2 amide bonds. The van der Waals surface area contributed by atoms with Crippen molar-refractivity contribution >= 4 is 11.8 Å². The zero-order valence-electron chi connectivity index (χ0n) is 13.1. The number of hydrogen-bond donors (Lipinski definition) is 2. The van der Waals surface area contributed by atoms with E-state index in [1.165, 1.54) is 12.1 Å². The molecule has 3 rings (SSSR count). The van der Waals surface area contributed by atoms with Crippen molar-refractivity contribution in [3.05, 3.63) is 65.7 Å². The Balaban J connectivity index is 1.53. The van der Waals surface area contributed by atoms with Crippen molar-refractivity contribution in [2.75, 3.05) is 0 Å². The van der Waals surface area contributed by atoms with Gasteiger partial charge < -0.3 is 10.6 Å². The minimum Gasteiger partial charge on any atom is -0.351 e. The van der Waals surface area contributed by atoms with Gasteiger partial charge in [0.1, 0.15) is 11.2 Å². The van der Waals surface area contributed by atoms with Gasteiger partial charge in [-0.2, -0.15) is 0 Å². The molecule has 0 bridgehead atoms. The SMILES string of the molecule is O=C(NCc1ccc(F)cc1)C1(C(=O)NCc2cccnc2)CC1. The molecule has 1 fully saturated rings. The maximum absolute atomic E-state index is 12.9. The van der Waals surface area contributed by atoms with Crippen LogP contribution in [0.2, 0.25) is 0 Å². The average molecular weight is 327 g/mol. The summed E-state index contributed by atoms with van der Waals surface area (Å²) in [4.78, 5) is 28.7. The summed E-state index contributed by atoms with van der Waals surface area (Å²) in [5, 5.41) is 5.56. The quantitative estimate of drug-likeness (QED) is 0.797. The van der Waals surface area contributed by atoms with Crippen LogP contribution in [0.3, 0.4) is 0 Å². The molecule has 1 aromatic heterocycles. The fraction of sp³-hybridized carbons (Fsp3) is 0.278. The van der Waals surface area contributed by atoms with Gasteiger partial charge in [-0.3, -0.25) is 14.6 Å². The van der Waals surface area contributed by atoms with E-state index >= 15 is 0 Å². The maximum Gasteiger partial charge on any atom is 0.235 e. The van der Waals surface area contributed by atoms with Crippen LogP contribution in [-0.2, 0) is 22.7 Å². The van der Waals surface area contributed by atoms with E-state index in [0.717, 1.165) is 11.1 Å². The summed E-state index contributed by atoms with van der Waals surface area (Å²) >= 11 is 0. The fourth-order valence-electron chi connectivity index (χ4n) is 2.49. The Hall–Kier alpha value is -2.76. The highest BCUT2D eigenvalue weighted by molar-refractivity contribution is 6.07. The summed E-state index contributed by atoms with van der Waals surface area (Å²) in [6.45, 7) is 0.621. The number of nitrogens with zero attached hydrogens (tertiary/aromatic N) is 1. The van der Waals surface area contributed by atoms with Crippen molar-refractivity contribution in [1.82, 2.24) is 15.6 Å². The lowest BCUT2D eigenvalue weighted by molar-refractivity contribution is -0.137. The van der Waals surface area contributed by atoms with Crippen LogP contribution in [-0.4, -0.2) is 16.8 Å². The van der Waals surface area contributed by atoms with Crippen molar-refractivity contribution in [2.45, 2.75) is 25.9 Å². The van der Waals surface area contributed by atoms with Crippen LogP contribution in [0.25, 0.3) is 0 Å². The van der Waals surface area contributed by atoms with Crippen molar-refractivity contribution < 1.29 is 14.0 Å². The number of hydrogen-bond acceptors (Lipinski definition) is 3. The first-order valence-corrected chi connectivity index (χ1v) is 7.80. The third kappa shape index (κ3) is 3.59. The number of halogens is 1. The highest BCUT2D eigenvalue weighted by Gasteiger charge is 2.56. The number of aromatic nitrogens is 1. The maximum atomic E-state index is 12.9. The van der Waals surface area contributed by atoms with Gasteiger partial charge in [0, 0.05) is 25.5 Å². The summed E-state index contributed by atoms with van der Waals surface area (Å²) in [7, 11) is 0. The van der Waals surface area contributed by atoms with Crippen molar-refractivity contribution in [1.29, 1.82) is 0 Å². The molecule has 0 spiro atoms. The van der Waals surface area contributed by atoms with E-state index in [9.17, 15) is 14.0 Å². The van der Waals surface area contributed by atoms with Crippen LogP contribution < -0.4 is 10.6 Å². The van der Waals surface area contributed by atoms with Gasteiger partial charge in [-0.1, -0.05) is 18.2 Å². The van der Waals surface area contributed by atoms with Gasteiger partial charge in [-0.05, 0) is 42.2 Å². The highest BCUT2D eigenvalue weighted by atomic mass is 19.1. The topological polar surface area (TPSA) is 71.1 Å². The smallest absolute Gasteiger partial charge is 0.235 e. The number of nitrogens with one attached hydrogen (secondary N) is 2. The first kappa shape index (κ1) is 16.1. The van der Waals surface area contributed by atoms with Gasteiger partial charge in [-0.15, -0.1) is 0 Å². The predicted octanol–water partition coefficient (Wildman–Crippen LogP) is 1.93. The molecule has 1 aliphatic rings. The molecule has 1 aromatic carbocycles. The minimum absolute atomic E-state index is 0.261. The Morgan fingerprint density at radius 2 is 1.62 bits per heavy atom. The zero-order valence-corrected chi connectivity index (χ0v) is 13.1. The van der Waals surface area contributed by atoms with E-state index < -0.39 is 5.41 Å². The fourth-order valence-corrected chi connectivity index (χ4v) is 2.49. The van der Waals surface area contributed by atoms with E-state index in [4.69, 9.17) is 0 Å². The molecule has 1 saturated carbocycles. The molecule has 6 heteroatoms. The van der Waals surface area contributed by atoms with E-state index in [0.29, 0.717) is 19.4 Å². The number of rotatable bonds is 6. The highest BCUT2D eigenvalue weighted by Crippen LogP contribution is 2.46. The molecule has 0 unspecified atom stereocenters. The number of amides is 2. The van der Waals surface area contributed by atoms with Gasteiger partial charge >= 0.3 is 0 Å². The number of pyridine rings is 1. The molecule has 2 aromatic rings. The summed E-state index contributed by atoms with van der Waals surface area (Å²) in [5.74, 6) is -0.864. The van der Waals surface area contributed by atoms with Crippen LogP contribution in [0.1, 0.15) is 24.0 Å². The molecule has 124 valence electrons. The van der Waals surface area contributed by atoms with Crippen LogP contribution in [0, 0.1) is 11.2 Å². The summed E-state index contributed by atoms with van der Waals surface area (Å²) in [5.41, 5.74) is 0.701. The molecule has 2 N–H and O–H groups in total. The largest absolute Gasteiger partial charge is 0.351 e. The molecule has 5 nitrogen and oxygen atoms in total. The van der Waals surface area contributed by atoms with Gasteiger partial charge in [0.2, 0.25) is 11.8 Å². The lowest BCUT2D eigenvalue weighted by Gasteiger charge is -2.15. The third-order valence-electron chi connectivity index (χ3n) is 4.16. The van der Waals surface area contributed by atoms with Crippen molar-refractivity contribution in [3.63, 3.8) is 0 Å². The number of benzene rings is 1. The van der Waals surface area contributed by atoms with Gasteiger partial charge in [0.05, 0.1) is 0 Å². The van der Waals surface area contributed by atoms with E-state index in [1.807, 2.05) is 6.07 Å². The van der Waals surface area contributed by atoms with Gasteiger partial charge in [0.25, 0.3) is 0 Å². The zero-order chi connectivity index (χ0) is 17.0. The van der Waals surface area contributed by atoms with Crippen molar-refractivity contribution in [3.8, 4) is 0 Å². The second-order valence-electron chi connectivity index (χ2n) is 5.94. The van der Waals surface area contributed by atoms with Gasteiger partial charge in [-0.25, -0.2) is 4.39 Å². The van der Waals surface area contributed by atoms with Gasteiger partial charge in [0.15, 0.2) is 0 Å². The average Bonchev–Trinajstić information content (AvgIpc) is 3.42. The van der Waals surface area contributed by atoms with Crippen LogP contribution in [0.4, 0.5) is 4.39 Å².